The topological polar surface area (TPSA) is 50.2 Å². The second-order valence-corrected chi connectivity index (χ2v) is 4.68. The average Bonchev–Trinajstić information content (AvgIpc) is 2.39. The van der Waals surface area contributed by atoms with Gasteiger partial charge >= 0.3 is 5.97 Å². The molecule has 19 heavy (non-hydrogen) atoms. The first-order valence-electron chi connectivity index (χ1n) is 6.34. The first-order valence-corrected chi connectivity index (χ1v) is 6.34. The van der Waals surface area contributed by atoms with Gasteiger partial charge in [0.05, 0.1) is 6.42 Å². The Hall–Kier alpha value is -2.16. The number of hydrogen-bond donors (Lipinski definition) is 1. The van der Waals surface area contributed by atoms with Crippen LogP contribution >= 0.6 is 0 Å². The molecule has 1 aromatic carbocycles. The van der Waals surface area contributed by atoms with Crippen molar-refractivity contribution in [1.82, 2.24) is 4.98 Å². The fraction of sp³-hybridized carbons (Fsp3) is 0.250. The molecule has 0 fully saturated rings. The molecule has 0 radical (unpaired) electrons. The molecule has 0 aliphatic heterocycles. The van der Waals surface area contributed by atoms with E-state index in [4.69, 9.17) is 5.11 Å². The number of hydrogen-bond acceptors (Lipinski definition) is 2. The maximum absolute atomic E-state index is 11.1. The third-order valence-electron chi connectivity index (χ3n) is 3.23. The summed E-state index contributed by atoms with van der Waals surface area (Å²) in [6, 6.07) is 13.7. The zero-order valence-electron chi connectivity index (χ0n) is 10.9. The average molecular weight is 255 g/mol. The number of carbonyl (C=O) groups is 1. The van der Waals surface area contributed by atoms with E-state index in [0.717, 1.165) is 16.8 Å². The van der Waals surface area contributed by atoms with Gasteiger partial charge in [0.2, 0.25) is 0 Å². The summed E-state index contributed by atoms with van der Waals surface area (Å²) in [5.41, 5.74) is 3.15. The molecule has 1 heterocycles. The first-order chi connectivity index (χ1) is 9.16. The smallest absolute Gasteiger partial charge is 0.303 e. The molecule has 2 aromatic rings. The molecule has 1 aromatic heterocycles. The van der Waals surface area contributed by atoms with Gasteiger partial charge in [0.1, 0.15) is 0 Å². The molecule has 0 amide bonds. The van der Waals surface area contributed by atoms with Crippen molar-refractivity contribution in [3.05, 3.63) is 65.5 Å². The second kappa shape index (κ2) is 6.14. The molecule has 0 aliphatic rings. The highest BCUT2D eigenvalue weighted by molar-refractivity contribution is 5.68. The van der Waals surface area contributed by atoms with Crippen molar-refractivity contribution in [2.75, 3.05) is 0 Å². The minimum absolute atomic E-state index is 0.0337. The van der Waals surface area contributed by atoms with Gasteiger partial charge in [-0.15, -0.1) is 0 Å². The van der Waals surface area contributed by atoms with E-state index in [1.165, 1.54) is 0 Å². The van der Waals surface area contributed by atoms with Crippen LogP contribution in [0.1, 0.15) is 29.2 Å². The lowest BCUT2D eigenvalue weighted by molar-refractivity contribution is -0.137. The Kier molecular flexibility index (Phi) is 4.29. The first kappa shape index (κ1) is 13.3. The van der Waals surface area contributed by atoms with Crippen molar-refractivity contribution in [3.63, 3.8) is 0 Å². The second-order valence-electron chi connectivity index (χ2n) is 4.68. The van der Waals surface area contributed by atoms with Gasteiger partial charge in [-0.05, 0) is 36.6 Å². The number of benzene rings is 1. The zero-order chi connectivity index (χ0) is 13.7. The summed E-state index contributed by atoms with van der Waals surface area (Å²) in [6.07, 6.45) is 2.52. The van der Waals surface area contributed by atoms with Crippen molar-refractivity contribution in [1.29, 1.82) is 0 Å². The third kappa shape index (κ3) is 3.65. The maximum Gasteiger partial charge on any atom is 0.303 e. The highest BCUT2D eigenvalue weighted by atomic mass is 16.4. The summed E-state index contributed by atoms with van der Waals surface area (Å²) in [5.74, 6) is -0.808. The number of aliphatic carboxylic acids is 1. The molecule has 98 valence electrons. The molecule has 3 nitrogen and oxygen atoms in total. The van der Waals surface area contributed by atoms with Crippen LogP contribution in [0.5, 0.6) is 0 Å². The van der Waals surface area contributed by atoms with Crippen molar-refractivity contribution in [2.45, 2.75) is 25.7 Å². The molecule has 3 heteroatoms. The molecular weight excluding hydrogens is 238 g/mol. The molecule has 2 rings (SSSR count). The van der Waals surface area contributed by atoms with E-state index in [1.54, 1.807) is 6.20 Å². The number of nitrogens with zero attached hydrogens (tertiary/aromatic N) is 1. The van der Waals surface area contributed by atoms with Crippen LogP contribution in [0.2, 0.25) is 0 Å². The lowest BCUT2D eigenvalue weighted by atomic mass is 9.88. The molecule has 0 bridgehead atoms. The maximum atomic E-state index is 11.1. The normalized spacial score (nSPS) is 12.1. The Morgan fingerprint density at radius 1 is 1.21 bits per heavy atom. The summed E-state index contributed by atoms with van der Waals surface area (Å²) in [4.78, 5) is 15.4. The Labute approximate surface area is 112 Å². The van der Waals surface area contributed by atoms with Crippen molar-refractivity contribution < 1.29 is 9.90 Å². The lowest BCUT2D eigenvalue weighted by Crippen LogP contribution is -2.11. The van der Waals surface area contributed by atoms with E-state index < -0.39 is 5.97 Å². The Morgan fingerprint density at radius 3 is 2.58 bits per heavy atom. The highest BCUT2D eigenvalue weighted by Gasteiger charge is 2.18. The molecule has 0 saturated heterocycles. The highest BCUT2D eigenvalue weighted by Crippen LogP contribution is 2.26. The van der Waals surface area contributed by atoms with Crippen LogP contribution in [0.15, 0.2) is 48.7 Å². The Morgan fingerprint density at radius 2 is 1.95 bits per heavy atom. The number of aromatic nitrogens is 1. The van der Waals surface area contributed by atoms with E-state index in [1.807, 2.05) is 49.4 Å². The minimum atomic E-state index is -0.774. The molecule has 1 unspecified atom stereocenters. The predicted octanol–water partition coefficient (Wildman–Crippen LogP) is 3.19. The van der Waals surface area contributed by atoms with Gasteiger partial charge < -0.3 is 5.11 Å². The van der Waals surface area contributed by atoms with Crippen molar-refractivity contribution >= 4 is 5.97 Å². The standard InChI is InChI=1S/C16H17NO2/c1-12-6-2-3-8-15(12)13(11-16(18)19)10-14-7-4-5-9-17-14/h2-9,13H,10-11H2,1H3,(H,18,19). The number of carboxylic acids is 1. The van der Waals surface area contributed by atoms with Crippen LogP contribution in [-0.2, 0) is 11.2 Å². The summed E-state index contributed by atoms with van der Waals surface area (Å²) >= 11 is 0. The number of pyridine rings is 1. The lowest BCUT2D eigenvalue weighted by Gasteiger charge is -2.17. The SMILES string of the molecule is Cc1ccccc1C(CC(=O)O)Cc1ccccn1. The molecule has 0 aliphatic carbocycles. The van der Waals surface area contributed by atoms with Crippen LogP contribution in [0.3, 0.4) is 0 Å². The third-order valence-corrected chi connectivity index (χ3v) is 3.23. The molecule has 0 saturated carbocycles. The summed E-state index contributed by atoms with van der Waals surface area (Å²) < 4.78 is 0. The van der Waals surface area contributed by atoms with Gasteiger partial charge in [0.15, 0.2) is 0 Å². The minimum Gasteiger partial charge on any atom is -0.481 e. The number of carboxylic acid groups (broad SMARTS) is 1. The molecule has 1 N–H and O–H groups in total. The van der Waals surface area contributed by atoms with Gasteiger partial charge in [-0.25, -0.2) is 0 Å². The predicted molar refractivity (Wildman–Crippen MR) is 74.1 cm³/mol. The Balaban J connectivity index is 2.26. The Bertz CT molecular complexity index is 552. The van der Waals surface area contributed by atoms with Gasteiger partial charge in [-0.1, -0.05) is 30.3 Å². The number of aryl methyl sites for hydroxylation is 1. The fourth-order valence-corrected chi connectivity index (χ4v) is 2.32. The van der Waals surface area contributed by atoms with E-state index in [9.17, 15) is 4.79 Å². The molecule has 0 spiro atoms. The van der Waals surface area contributed by atoms with E-state index >= 15 is 0 Å². The largest absolute Gasteiger partial charge is 0.481 e. The monoisotopic (exact) mass is 255 g/mol. The van der Waals surface area contributed by atoms with Gasteiger partial charge in [-0.3, -0.25) is 9.78 Å². The van der Waals surface area contributed by atoms with Crippen LogP contribution in [0.25, 0.3) is 0 Å². The van der Waals surface area contributed by atoms with Crippen molar-refractivity contribution in [2.24, 2.45) is 0 Å². The van der Waals surface area contributed by atoms with Crippen LogP contribution < -0.4 is 0 Å². The van der Waals surface area contributed by atoms with Gasteiger partial charge in [0.25, 0.3) is 0 Å². The van der Waals surface area contributed by atoms with E-state index in [2.05, 4.69) is 4.98 Å². The number of rotatable bonds is 5. The van der Waals surface area contributed by atoms with Gasteiger partial charge in [0, 0.05) is 17.8 Å². The van der Waals surface area contributed by atoms with Gasteiger partial charge in [-0.2, -0.15) is 0 Å². The summed E-state index contributed by atoms with van der Waals surface area (Å²) in [6.45, 7) is 2.02. The van der Waals surface area contributed by atoms with Crippen LogP contribution in [-0.4, -0.2) is 16.1 Å². The quantitative estimate of drug-likeness (QED) is 0.892. The zero-order valence-corrected chi connectivity index (χ0v) is 10.9. The fourth-order valence-electron chi connectivity index (χ4n) is 2.32. The summed E-state index contributed by atoms with van der Waals surface area (Å²) in [7, 11) is 0. The van der Waals surface area contributed by atoms with E-state index in [0.29, 0.717) is 6.42 Å². The molecular formula is C16H17NO2. The summed E-state index contributed by atoms with van der Waals surface area (Å²) in [5, 5.41) is 9.09. The van der Waals surface area contributed by atoms with Crippen molar-refractivity contribution in [3.8, 4) is 0 Å². The van der Waals surface area contributed by atoms with Crippen LogP contribution in [0, 0.1) is 6.92 Å². The van der Waals surface area contributed by atoms with E-state index in [-0.39, 0.29) is 12.3 Å². The van der Waals surface area contributed by atoms with Crippen LogP contribution in [0.4, 0.5) is 0 Å². The molecule has 1 atom stereocenters.